The molecule has 7 heteroatoms. The monoisotopic (exact) mass is 302 g/mol. The van der Waals surface area contributed by atoms with Crippen LogP contribution in [0.4, 0.5) is 5.82 Å². The van der Waals surface area contributed by atoms with Crippen molar-refractivity contribution in [3.05, 3.63) is 52.9 Å². The Labute approximate surface area is 124 Å². The van der Waals surface area contributed by atoms with E-state index in [0.717, 1.165) is 10.9 Å². The standard InChI is InChI=1S/C14H11ClN4O2/c15-14-18-11-10(5-6-16-11)12(19-14)17-7-8-1-3-9(4-2-8)13(20)21/h1-6H,7H2,(H,20,21)(H2,16,17,18,19). The predicted octanol–water partition coefficient (Wildman–Crippen LogP) is 2.92. The SMILES string of the molecule is O=C(O)c1ccc(CNc2nc(Cl)nc3[nH]ccc23)cc1. The average molecular weight is 303 g/mol. The Morgan fingerprint density at radius 1 is 1.24 bits per heavy atom. The Morgan fingerprint density at radius 2 is 2.00 bits per heavy atom. The fraction of sp³-hybridized carbons (Fsp3) is 0.0714. The fourth-order valence-electron chi connectivity index (χ4n) is 2.00. The maximum Gasteiger partial charge on any atom is 0.335 e. The summed E-state index contributed by atoms with van der Waals surface area (Å²) in [6.45, 7) is 0.507. The van der Waals surface area contributed by atoms with E-state index in [9.17, 15) is 4.79 Å². The zero-order valence-corrected chi connectivity index (χ0v) is 11.6. The zero-order valence-electron chi connectivity index (χ0n) is 10.8. The number of benzene rings is 1. The number of aromatic amines is 1. The van der Waals surface area contributed by atoms with Gasteiger partial charge in [-0.05, 0) is 35.4 Å². The number of aromatic carboxylic acids is 1. The summed E-state index contributed by atoms with van der Waals surface area (Å²) in [5.41, 5.74) is 1.87. The van der Waals surface area contributed by atoms with Crippen molar-refractivity contribution < 1.29 is 9.90 Å². The minimum Gasteiger partial charge on any atom is -0.478 e. The summed E-state index contributed by atoms with van der Waals surface area (Å²) >= 11 is 5.87. The van der Waals surface area contributed by atoms with E-state index in [-0.39, 0.29) is 10.8 Å². The molecule has 2 heterocycles. The Kier molecular flexibility index (Phi) is 3.45. The van der Waals surface area contributed by atoms with Gasteiger partial charge in [0.1, 0.15) is 11.5 Å². The molecule has 0 aliphatic heterocycles. The van der Waals surface area contributed by atoms with Gasteiger partial charge >= 0.3 is 5.97 Å². The third-order valence-corrected chi connectivity index (χ3v) is 3.22. The number of carbonyl (C=O) groups is 1. The smallest absolute Gasteiger partial charge is 0.335 e. The lowest BCUT2D eigenvalue weighted by Gasteiger charge is -2.07. The molecular formula is C14H11ClN4O2. The lowest BCUT2D eigenvalue weighted by Crippen LogP contribution is -2.03. The maximum atomic E-state index is 10.8. The minimum absolute atomic E-state index is 0.161. The first kappa shape index (κ1) is 13.4. The first-order valence-electron chi connectivity index (χ1n) is 6.20. The Balaban J connectivity index is 1.80. The number of nitrogens with zero attached hydrogens (tertiary/aromatic N) is 2. The van der Waals surface area contributed by atoms with E-state index >= 15 is 0 Å². The van der Waals surface area contributed by atoms with E-state index in [1.807, 2.05) is 6.07 Å². The quantitative estimate of drug-likeness (QED) is 0.645. The van der Waals surface area contributed by atoms with Crippen molar-refractivity contribution in [1.82, 2.24) is 15.0 Å². The summed E-state index contributed by atoms with van der Waals surface area (Å²) in [6.07, 6.45) is 1.77. The topological polar surface area (TPSA) is 90.9 Å². The number of fused-ring (bicyclic) bond motifs is 1. The van der Waals surface area contributed by atoms with E-state index in [2.05, 4.69) is 20.3 Å². The molecule has 0 bridgehead atoms. The van der Waals surface area contributed by atoms with Crippen LogP contribution in [0.1, 0.15) is 15.9 Å². The highest BCUT2D eigenvalue weighted by Gasteiger charge is 2.07. The van der Waals surface area contributed by atoms with E-state index in [4.69, 9.17) is 16.7 Å². The molecule has 6 nitrogen and oxygen atoms in total. The number of carboxylic acid groups (broad SMARTS) is 1. The summed E-state index contributed by atoms with van der Waals surface area (Å²) in [4.78, 5) is 22.0. The van der Waals surface area contributed by atoms with E-state index in [1.165, 1.54) is 0 Å². The molecule has 0 spiro atoms. The Bertz CT molecular complexity index is 798. The van der Waals surface area contributed by atoms with Crippen molar-refractivity contribution in [3.8, 4) is 0 Å². The molecule has 2 aromatic heterocycles. The lowest BCUT2D eigenvalue weighted by molar-refractivity contribution is 0.0697. The van der Waals surface area contributed by atoms with E-state index in [0.29, 0.717) is 18.0 Å². The predicted molar refractivity (Wildman–Crippen MR) is 79.6 cm³/mol. The number of halogens is 1. The molecule has 0 saturated carbocycles. The van der Waals surface area contributed by atoms with Gasteiger partial charge < -0.3 is 15.4 Å². The van der Waals surface area contributed by atoms with Crippen LogP contribution < -0.4 is 5.32 Å². The molecule has 21 heavy (non-hydrogen) atoms. The molecule has 0 saturated heterocycles. The second-order valence-corrected chi connectivity index (χ2v) is 4.77. The van der Waals surface area contributed by atoms with E-state index in [1.54, 1.807) is 30.5 Å². The fourth-order valence-corrected chi connectivity index (χ4v) is 2.17. The van der Waals surface area contributed by atoms with Gasteiger partial charge in [0.2, 0.25) is 5.28 Å². The largest absolute Gasteiger partial charge is 0.478 e. The molecule has 1 aromatic carbocycles. The molecule has 0 amide bonds. The van der Waals surface area contributed by atoms with Gasteiger partial charge in [-0.25, -0.2) is 9.78 Å². The zero-order chi connectivity index (χ0) is 14.8. The van der Waals surface area contributed by atoms with Crippen LogP contribution in [0.5, 0.6) is 0 Å². The van der Waals surface area contributed by atoms with Crippen LogP contribution >= 0.6 is 11.6 Å². The second-order valence-electron chi connectivity index (χ2n) is 4.44. The van der Waals surface area contributed by atoms with Crippen LogP contribution in [0.25, 0.3) is 11.0 Å². The molecule has 3 N–H and O–H groups in total. The van der Waals surface area contributed by atoms with Crippen molar-refractivity contribution >= 4 is 34.4 Å². The number of hydrogen-bond acceptors (Lipinski definition) is 4. The molecule has 3 rings (SSSR count). The molecule has 0 atom stereocenters. The number of nitrogens with one attached hydrogen (secondary N) is 2. The number of carboxylic acids is 1. The Hall–Kier alpha value is -2.60. The maximum absolute atomic E-state index is 10.8. The summed E-state index contributed by atoms with van der Waals surface area (Å²) in [5, 5.41) is 13.0. The van der Waals surface area contributed by atoms with Crippen LogP contribution in [-0.2, 0) is 6.54 Å². The van der Waals surface area contributed by atoms with Crippen molar-refractivity contribution in [1.29, 1.82) is 0 Å². The van der Waals surface area contributed by atoms with Crippen LogP contribution in [0.2, 0.25) is 5.28 Å². The van der Waals surface area contributed by atoms with Gasteiger partial charge in [0.25, 0.3) is 0 Å². The highest BCUT2D eigenvalue weighted by molar-refractivity contribution is 6.28. The van der Waals surface area contributed by atoms with Gasteiger partial charge in [-0.15, -0.1) is 0 Å². The van der Waals surface area contributed by atoms with Crippen LogP contribution in [0.15, 0.2) is 36.5 Å². The highest BCUT2D eigenvalue weighted by atomic mass is 35.5. The Morgan fingerprint density at radius 3 is 2.71 bits per heavy atom. The lowest BCUT2D eigenvalue weighted by atomic mass is 10.1. The first-order chi connectivity index (χ1) is 10.1. The summed E-state index contributed by atoms with van der Waals surface area (Å²) in [6, 6.07) is 8.51. The van der Waals surface area contributed by atoms with Gasteiger partial charge in [0, 0.05) is 12.7 Å². The minimum atomic E-state index is -0.939. The molecule has 0 fully saturated rings. The third-order valence-electron chi connectivity index (χ3n) is 3.05. The molecule has 0 radical (unpaired) electrons. The van der Waals surface area contributed by atoms with Gasteiger partial charge in [-0.2, -0.15) is 4.98 Å². The molecule has 0 aliphatic carbocycles. The van der Waals surface area contributed by atoms with Crippen LogP contribution in [-0.4, -0.2) is 26.0 Å². The summed E-state index contributed by atoms with van der Waals surface area (Å²) in [5.74, 6) is -0.306. The normalized spacial score (nSPS) is 10.7. The molecule has 0 aliphatic rings. The molecule has 0 unspecified atom stereocenters. The van der Waals surface area contributed by atoms with Gasteiger partial charge in [-0.1, -0.05) is 12.1 Å². The molecule has 106 valence electrons. The van der Waals surface area contributed by atoms with Gasteiger partial charge in [0.05, 0.1) is 10.9 Å². The van der Waals surface area contributed by atoms with Crippen molar-refractivity contribution in [3.63, 3.8) is 0 Å². The summed E-state index contributed by atoms with van der Waals surface area (Å²) < 4.78 is 0. The average Bonchev–Trinajstić information content (AvgIpc) is 2.93. The first-order valence-corrected chi connectivity index (χ1v) is 6.58. The molecule has 3 aromatic rings. The number of H-pyrrole nitrogens is 1. The van der Waals surface area contributed by atoms with Crippen LogP contribution in [0.3, 0.4) is 0 Å². The number of hydrogen-bond donors (Lipinski definition) is 3. The number of anilines is 1. The summed E-state index contributed by atoms with van der Waals surface area (Å²) in [7, 11) is 0. The number of rotatable bonds is 4. The number of aromatic nitrogens is 3. The third kappa shape index (κ3) is 2.80. The van der Waals surface area contributed by atoms with Crippen molar-refractivity contribution in [2.24, 2.45) is 0 Å². The van der Waals surface area contributed by atoms with Crippen molar-refractivity contribution in [2.45, 2.75) is 6.54 Å². The van der Waals surface area contributed by atoms with Gasteiger partial charge in [0.15, 0.2) is 0 Å². The van der Waals surface area contributed by atoms with Crippen LogP contribution in [0, 0.1) is 0 Å². The van der Waals surface area contributed by atoms with Gasteiger partial charge in [-0.3, -0.25) is 0 Å². The highest BCUT2D eigenvalue weighted by Crippen LogP contribution is 2.21. The molecular weight excluding hydrogens is 292 g/mol. The second kappa shape index (κ2) is 5.41. The van der Waals surface area contributed by atoms with Crippen molar-refractivity contribution in [2.75, 3.05) is 5.32 Å². The van der Waals surface area contributed by atoms with E-state index < -0.39 is 5.97 Å².